The van der Waals surface area contributed by atoms with Crippen LogP contribution in [0.4, 0.5) is 0 Å². The predicted octanol–water partition coefficient (Wildman–Crippen LogP) is -0.528. The maximum Gasteiger partial charge on any atom is 0.0884 e. The molecule has 1 heterocycles. The zero-order valence-electron chi connectivity index (χ0n) is 13.0. The van der Waals surface area contributed by atoms with Crippen LogP contribution in [-0.2, 0) is 15.7 Å². The summed E-state index contributed by atoms with van der Waals surface area (Å²) >= 11 is 1.56. The van der Waals surface area contributed by atoms with Crippen LogP contribution < -0.4 is 21.5 Å². The van der Waals surface area contributed by atoms with E-state index in [-0.39, 0.29) is 0 Å². The molecule has 7 nitrogen and oxygen atoms in total. The van der Waals surface area contributed by atoms with Gasteiger partial charge in [-0.25, -0.2) is 13.2 Å². The molecule has 0 aliphatic carbocycles. The number of hydrogen-bond donors (Lipinski definition) is 4. The molecule has 1 rings (SSSR count). The lowest BCUT2D eigenvalue weighted by molar-refractivity contribution is 0.142. The number of nitrogens with one attached hydrogen (secondary N) is 2. The number of allylic oxidation sites excluding steroid dienone is 2. The van der Waals surface area contributed by atoms with Crippen LogP contribution in [0.2, 0.25) is 0 Å². The Labute approximate surface area is 139 Å². The smallest absolute Gasteiger partial charge is 0.0884 e. The summed E-state index contributed by atoms with van der Waals surface area (Å²) in [6.07, 6.45) is 5.91. The SMILES string of the molecule is CS(=O)NCCOCC/C(N)=C/C=C(\N)SN1CCNCC1. The summed E-state index contributed by atoms with van der Waals surface area (Å²) in [4.78, 5) is 0. The lowest BCUT2D eigenvalue weighted by Gasteiger charge is -2.25. The van der Waals surface area contributed by atoms with Crippen molar-refractivity contribution in [2.45, 2.75) is 6.42 Å². The second-order valence-electron chi connectivity index (χ2n) is 4.79. The van der Waals surface area contributed by atoms with E-state index in [4.69, 9.17) is 16.2 Å². The van der Waals surface area contributed by atoms with Crippen molar-refractivity contribution in [2.75, 3.05) is 52.2 Å². The van der Waals surface area contributed by atoms with E-state index in [1.807, 2.05) is 12.2 Å². The molecule has 0 saturated carbocycles. The first-order valence-corrected chi connectivity index (χ1v) is 9.61. The third kappa shape index (κ3) is 10.2. The van der Waals surface area contributed by atoms with Crippen molar-refractivity contribution < 1.29 is 8.95 Å². The molecule has 0 radical (unpaired) electrons. The molecule has 0 aromatic heterocycles. The first-order valence-electron chi connectivity index (χ1n) is 7.28. The number of nitrogens with two attached hydrogens (primary N) is 2. The molecule has 1 fully saturated rings. The molecule has 128 valence electrons. The monoisotopic (exact) mass is 349 g/mol. The largest absolute Gasteiger partial charge is 0.402 e. The average molecular weight is 350 g/mol. The van der Waals surface area contributed by atoms with E-state index in [0.717, 1.165) is 36.9 Å². The molecule has 0 aromatic carbocycles. The standard InChI is InChI=1S/C13H27N5O2S2/c1-22(19)17-7-11-20-10-4-12(14)2-3-13(15)21-18-8-5-16-6-9-18/h2-3,16-17H,4-11,14-15H2,1H3/b12-2-,13-3+. The van der Waals surface area contributed by atoms with Gasteiger partial charge >= 0.3 is 0 Å². The molecule has 0 aromatic rings. The molecule has 6 N–H and O–H groups in total. The van der Waals surface area contributed by atoms with Gasteiger partial charge in [-0.3, -0.25) is 0 Å². The summed E-state index contributed by atoms with van der Waals surface area (Å²) in [5.41, 5.74) is 12.6. The highest BCUT2D eigenvalue weighted by Gasteiger charge is 2.10. The van der Waals surface area contributed by atoms with Crippen LogP contribution in [0.1, 0.15) is 6.42 Å². The zero-order valence-corrected chi connectivity index (χ0v) is 14.7. The molecule has 1 atom stereocenters. The van der Waals surface area contributed by atoms with Gasteiger partial charge in [-0.2, -0.15) is 0 Å². The number of nitrogens with zero attached hydrogens (tertiary/aromatic N) is 1. The molecule has 1 aliphatic rings. The Morgan fingerprint density at radius 3 is 2.77 bits per heavy atom. The molecular formula is C13H27N5O2S2. The lowest BCUT2D eigenvalue weighted by atomic mass is 10.3. The van der Waals surface area contributed by atoms with Gasteiger partial charge in [-0.15, -0.1) is 0 Å². The van der Waals surface area contributed by atoms with E-state index in [9.17, 15) is 4.21 Å². The summed E-state index contributed by atoms with van der Waals surface area (Å²) in [6, 6.07) is 0. The van der Waals surface area contributed by atoms with Crippen LogP contribution in [0, 0.1) is 0 Å². The highest BCUT2D eigenvalue weighted by Crippen LogP contribution is 2.16. The van der Waals surface area contributed by atoms with Gasteiger partial charge in [0, 0.05) is 51.1 Å². The molecule has 0 spiro atoms. The molecular weight excluding hydrogens is 322 g/mol. The van der Waals surface area contributed by atoms with Crippen LogP contribution in [0.15, 0.2) is 22.9 Å². The van der Waals surface area contributed by atoms with Crippen molar-refractivity contribution >= 4 is 22.9 Å². The fourth-order valence-electron chi connectivity index (χ4n) is 1.74. The van der Waals surface area contributed by atoms with Crippen molar-refractivity contribution in [3.8, 4) is 0 Å². The van der Waals surface area contributed by atoms with Crippen LogP contribution in [0.5, 0.6) is 0 Å². The molecule has 1 saturated heterocycles. The van der Waals surface area contributed by atoms with Gasteiger partial charge in [0.15, 0.2) is 0 Å². The van der Waals surface area contributed by atoms with Crippen LogP contribution in [-0.4, -0.2) is 60.7 Å². The lowest BCUT2D eigenvalue weighted by Crippen LogP contribution is -2.40. The number of hydrogen-bond acceptors (Lipinski definition) is 7. The molecule has 1 unspecified atom stereocenters. The third-order valence-corrected chi connectivity index (χ3v) is 4.44. The summed E-state index contributed by atoms with van der Waals surface area (Å²) in [7, 11) is -0.990. The third-order valence-electron chi connectivity index (χ3n) is 2.86. The maximum atomic E-state index is 10.8. The topological polar surface area (TPSA) is 106 Å². The molecule has 9 heteroatoms. The van der Waals surface area contributed by atoms with Crippen LogP contribution in [0.3, 0.4) is 0 Å². The van der Waals surface area contributed by atoms with E-state index in [0.29, 0.717) is 26.2 Å². The van der Waals surface area contributed by atoms with Crippen LogP contribution >= 0.6 is 11.9 Å². The van der Waals surface area contributed by atoms with Crippen molar-refractivity contribution in [2.24, 2.45) is 11.5 Å². The Morgan fingerprint density at radius 2 is 2.09 bits per heavy atom. The highest BCUT2D eigenvalue weighted by atomic mass is 32.2. The second kappa shape index (κ2) is 11.9. The Balaban J connectivity index is 2.14. The second-order valence-corrected chi connectivity index (χ2v) is 7.16. The molecule has 22 heavy (non-hydrogen) atoms. The van der Waals surface area contributed by atoms with Crippen LogP contribution in [0.25, 0.3) is 0 Å². The molecule has 1 aliphatic heterocycles. The fraction of sp³-hybridized carbons (Fsp3) is 0.692. The summed E-state index contributed by atoms with van der Waals surface area (Å²) in [5, 5.41) is 4.04. The zero-order chi connectivity index (χ0) is 16.2. The van der Waals surface area contributed by atoms with Gasteiger partial charge in [0.05, 0.1) is 29.2 Å². The number of piperazine rings is 1. The molecule has 0 amide bonds. The maximum absolute atomic E-state index is 10.8. The van der Waals surface area contributed by atoms with Gasteiger partial charge < -0.3 is 21.5 Å². The van der Waals surface area contributed by atoms with E-state index in [2.05, 4.69) is 14.3 Å². The van der Waals surface area contributed by atoms with Gasteiger partial charge in [-0.1, -0.05) is 0 Å². The van der Waals surface area contributed by atoms with Gasteiger partial charge in [0.2, 0.25) is 0 Å². The van der Waals surface area contributed by atoms with E-state index in [1.54, 1.807) is 18.2 Å². The van der Waals surface area contributed by atoms with E-state index in [1.165, 1.54) is 0 Å². The Kier molecular flexibility index (Phi) is 10.5. The Bertz CT molecular complexity index is 398. The van der Waals surface area contributed by atoms with Crippen molar-refractivity contribution in [1.29, 1.82) is 0 Å². The minimum Gasteiger partial charge on any atom is -0.402 e. The van der Waals surface area contributed by atoms with Gasteiger partial charge in [0.1, 0.15) is 0 Å². The summed E-state index contributed by atoms with van der Waals surface area (Å²) in [5.74, 6) is 0. The summed E-state index contributed by atoms with van der Waals surface area (Å²) < 4.78 is 21.2. The normalized spacial score (nSPS) is 19.3. The summed E-state index contributed by atoms with van der Waals surface area (Å²) in [6.45, 7) is 5.60. The minimum absolute atomic E-state index is 0.518. The van der Waals surface area contributed by atoms with Crippen molar-refractivity contribution in [3.63, 3.8) is 0 Å². The van der Waals surface area contributed by atoms with Gasteiger partial charge in [-0.05, 0) is 24.1 Å². The van der Waals surface area contributed by atoms with Gasteiger partial charge in [0.25, 0.3) is 0 Å². The predicted molar refractivity (Wildman–Crippen MR) is 94.1 cm³/mol. The quantitative estimate of drug-likeness (QED) is 0.239. The minimum atomic E-state index is -0.990. The highest BCUT2D eigenvalue weighted by molar-refractivity contribution is 8.00. The average Bonchev–Trinajstić information content (AvgIpc) is 2.49. The van der Waals surface area contributed by atoms with E-state index >= 15 is 0 Å². The first kappa shape index (κ1) is 19.5. The Morgan fingerprint density at radius 1 is 1.36 bits per heavy atom. The number of rotatable bonds is 10. The van der Waals surface area contributed by atoms with E-state index < -0.39 is 11.0 Å². The van der Waals surface area contributed by atoms with Crippen molar-refractivity contribution in [1.82, 2.24) is 14.3 Å². The Hall–Kier alpha value is -0.580. The van der Waals surface area contributed by atoms with Crippen molar-refractivity contribution in [3.05, 3.63) is 22.9 Å². The molecule has 0 bridgehead atoms. The first-order chi connectivity index (χ1) is 10.6. The number of ether oxygens (including phenoxy) is 1. The fourth-order valence-corrected chi connectivity index (χ4v) is 2.90.